The summed E-state index contributed by atoms with van der Waals surface area (Å²) in [5, 5.41) is 11.8. The fourth-order valence-electron chi connectivity index (χ4n) is 5.25. The molecule has 1 aromatic heterocycles. The summed E-state index contributed by atoms with van der Waals surface area (Å²) in [4.78, 5) is 45.7. The Bertz CT molecular complexity index is 1610. The molecule has 0 saturated carbocycles. The Morgan fingerprint density at radius 1 is 1.14 bits per heavy atom. The van der Waals surface area contributed by atoms with Gasteiger partial charge in [-0.15, -0.1) is 0 Å². The summed E-state index contributed by atoms with van der Waals surface area (Å²) in [5.41, 5.74) is 2.03. The number of ether oxygens (including phenoxy) is 4. The second-order valence-electron chi connectivity index (χ2n) is 10.4. The molecule has 1 fully saturated rings. The molecule has 0 spiro atoms. The quantitative estimate of drug-likeness (QED) is 0.101. The van der Waals surface area contributed by atoms with Gasteiger partial charge >= 0.3 is 11.9 Å². The smallest absolute Gasteiger partial charge is 0.350 e. The Labute approximate surface area is 253 Å². The number of aryl methyl sites for hydroxylation is 1. The average molecular weight is 607 g/mol. The molecule has 0 unspecified atom stereocenters. The van der Waals surface area contributed by atoms with Gasteiger partial charge in [-0.3, -0.25) is 14.5 Å². The van der Waals surface area contributed by atoms with Crippen LogP contribution in [0.15, 0.2) is 42.0 Å². The number of anilines is 1. The third kappa shape index (κ3) is 5.69. The highest BCUT2D eigenvalue weighted by molar-refractivity contribution is 7.17. The number of aliphatic hydroxyl groups is 1. The third-order valence-electron chi connectivity index (χ3n) is 7.31. The molecular formula is C32H34N2O8S. The van der Waals surface area contributed by atoms with E-state index >= 15 is 0 Å². The lowest BCUT2D eigenvalue weighted by Gasteiger charge is -2.24. The Morgan fingerprint density at radius 2 is 1.93 bits per heavy atom. The van der Waals surface area contributed by atoms with Crippen LogP contribution < -0.4 is 19.1 Å². The van der Waals surface area contributed by atoms with E-state index in [1.54, 1.807) is 43.3 Å². The second-order valence-corrected chi connectivity index (χ2v) is 11.3. The van der Waals surface area contributed by atoms with Crippen molar-refractivity contribution < 1.29 is 38.4 Å². The van der Waals surface area contributed by atoms with Crippen LogP contribution in [-0.4, -0.2) is 54.2 Å². The number of nitrogens with zero attached hydrogens (tertiary/aromatic N) is 2. The van der Waals surface area contributed by atoms with Gasteiger partial charge in [-0.25, -0.2) is 9.78 Å². The number of rotatable bonds is 10. The van der Waals surface area contributed by atoms with Gasteiger partial charge in [-0.2, -0.15) is 0 Å². The molecule has 2 atom stereocenters. The number of amides is 1. The molecule has 2 aliphatic rings. The molecule has 0 radical (unpaired) electrons. The van der Waals surface area contributed by atoms with Crippen LogP contribution >= 0.6 is 11.3 Å². The van der Waals surface area contributed by atoms with Crippen LogP contribution in [0.25, 0.3) is 5.76 Å². The lowest BCUT2D eigenvalue weighted by Crippen LogP contribution is -2.29. The first-order valence-electron chi connectivity index (χ1n) is 14.2. The second kappa shape index (κ2) is 12.5. The van der Waals surface area contributed by atoms with Gasteiger partial charge < -0.3 is 24.1 Å². The number of aromatic nitrogens is 1. The number of esters is 1. The summed E-state index contributed by atoms with van der Waals surface area (Å²) >= 11 is 0.941. The molecule has 226 valence electrons. The molecule has 1 N–H and O–H groups in total. The zero-order chi connectivity index (χ0) is 30.8. The Hall–Kier alpha value is -4.38. The maximum Gasteiger partial charge on any atom is 0.350 e. The molecule has 2 aromatic carbocycles. The SMILES string of the molecule is CCCCOc1ccc([C@H]2C(=C(O)c3ccc4c(c3)C[C@@H](C)O4)C(=O)C(=O)N2c2nc(C)c(C(=O)OC)s2)cc1OCC. The number of carbonyl (C=O) groups is 3. The van der Waals surface area contributed by atoms with Crippen molar-refractivity contribution in [2.75, 3.05) is 25.2 Å². The van der Waals surface area contributed by atoms with Crippen LogP contribution in [-0.2, 0) is 20.7 Å². The van der Waals surface area contributed by atoms with Gasteiger partial charge in [0.1, 0.15) is 22.5 Å². The molecule has 1 saturated heterocycles. The zero-order valence-electron chi connectivity index (χ0n) is 24.8. The Balaban J connectivity index is 1.68. The standard InChI is InChI=1S/C32H34N2O8S/c1-6-8-13-41-23-12-9-19(16-24(23)40-7-2)26-25(27(35)20-10-11-22-21(15-20)14-17(3)42-22)28(36)30(37)34(26)32-33-18(4)29(43-32)31(38)39-5/h9-12,15-17,26,35H,6-8,13-14H2,1-5H3/t17-,26+/m1/s1. The minimum absolute atomic E-state index is 0.00910. The van der Waals surface area contributed by atoms with Crippen molar-refractivity contribution in [2.24, 2.45) is 0 Å². The molecule has 3 aromatic rings. The highest BCUT2D eigenvalue weighted by atomic mass is 32.1. The number of thiazole rings is 1. The maximum atomic E-state index is 13.7. The van der Waals surface area contributed by atoms with E-state index in [0.717, 1.165) is 35.5 Å². The van der Waals surface area contributed by atoms with Crippen LogP contribution in [0.2, 0.25) is 0 Å². The van der Waals surface area contributed by atoms with Gasteiger partial charge in [0.05, 0.1) is 37.6 Å². The first-order chi connectivity index (χ1) is 20.7. The third-order valence-corrected chi connectivity index (χ3v) is 8.45. The van der Waals surface area contributed by atoms with E-state index < -0.39 is 23.7 Å². The number of hydrogen-bond donors (Lipinski definition) is 1. The maximum absolute atomic E-state index is 13.7. The molecule has 10 nitrogen and oxygen atoms in total. The topological polar surface area (TPSA) is 124 Å². The first-order valence-corrected chi connectivity index (χ1v) is 15.1. The number of benzene rings is 2. The number of ketones is 1. The Kier molecular flexibility index (Phi) is 8.72. The molecule has 2 aliphatic heterocycles. The van der Waals surface area contributed by atoms with Crippen molar-refractivity contribution in [3.05, 3.63) is 69.2 Å². The molecule has 0 bridgehead atoms. The van der Waals surface area contributed by atoms with E-state index in [2.05, 4.69) is 11.9 Å². The van der Waals surface area contributed by atoms with Crippen LogP contribution in [0.5, 0.6) is 17.2 Å². The predicted molar refractivity (Wildman–Crippen MR) is 161 cm³/mol. The number of carbonyl (C=O) groups excluding carboxylic acids is 3. The van der Waals surface area contributed by atoms with Crippen molar-refractivity contribution >= 4 is 39.9 Å². The van der Waals surface area contributed by atoms with Gasteiger partial charge in [-0.1, -0.05) is 30.7 Å². The summed E-state index contributed by atoms with van der Waals surface area (Å²) in [6.45, 7) is 8.36. The monoisotopic (exact) mass is 606 g/mol. The van der Waals surface area contributed by atoms with Gasteiger partial charge in [0.2, 0.25) is 0 Å². The van der Waals surface area contributed by atoms with E-state index in [9.17, 15) is 19.5 Å². The number of hydrogen-bond acceptors (Lipinski definition) is 10. The van der Waals surface area contributed by atoms with Crippen LogP contribution in [0.4, 0.5) is 5.13 Å². The molecular weight excluding hydrogens is 572 g/mol. The summed E-state index contributed by atoms with van der Waals surface area (Å²) in [6.07, 6.45) is 2.47. The summed E-state index contributed by atoms with van der Waals surface area (Å²) in [7, 11) is 1.26. The largest absolute Gasteiger partial charge is 0.507 e. The molecule has 11 heteroatoms. The van der Waals surface area contributed by atoms with Crippen molar-refractivity contribution in [2.45, 2.75) is 59.1 Å². The van der Waals surface area contributed by atoms with Gasteiger partial charge in [-0.05, 0) is 68.7 Å². The highest BCUT2D eigenvalue weighted by Crippen LogP contribution is 2.46. The van der Waals surface area contributed by atoms with Crippen molar-refractivity contribution in [1.82, 2.24) is 4.98 Å². The van der Waals surface area contributed by atoms with Gasteiger partial charge in [0.15, 0.2) is 16.6 Å². The number of fused-ring (bicyclic) bond motifs is 1. The fraction of sp³-hybridized carbons (Fsp3) is 0.375. The van der Waals surface area contributed by atoms with Gasteiger partial charge in [0, 0.05) is 12.0 Å². The number of methoxy groups -OCH3 is 1. The summed E-state index contributed by atoms with van der Waals surface area (Å²) < 4.78 is 22.5. The predicted octanol–water partition coefficient (Wildman–Crippen LogP) is 5.77. The van der Waals surface area contributed by atoms with E-state index in [0.29, 0.717) is 48.0 Å². The average Bonchev–Trinajstić information content (AvgIpc) is 3.64. The lowest BCUT2D eigenvalue weighted by atomic mass is 9.94. The molecule has 5 rings (SSSR count). The highest BCUT2D eigenvalue weighted by Gasteiger charge is 2.48. The van der Waals surface area contributed by atoms with Crippen LogP contribution in [0.1, 0.15) is 71.7 Å². The Morgan fingerprint density at radius 3 is 2.65 bits per heavy atom. The lowest BCUT2D eigenvalue weighted by molar-refractivity contribution is -0.132. The molecule has 3 heterocycles. The fourth-order valence-corrected chi connectivity index (χ4v) is 6.26. The molecule has 43 heavy (non-hydrogen) atoms. The number of unbranched alkanes of at least 4 members (excludes halogenated alkanes) is 1. The molecule has 0 aliphatic carbocycles. The zero-order valence-corrected chi connectivity index (χ0v) is 25.6. The minimum Gasteiger partial charge on any atom is -0.507 e. The normalized spacial score (nSPS) is 18.9. The van der Waals surface area contributed by atoms with E-state index in [4.69, 9.17) is 18.9 Å². The minimum atomic E-state index is -1.07. The number of aliphatic hydroxyl groups excluding tert-OH is 1. The van der Waals surface area contributed by atoms with Crippen LogP contribution in [0, 0.1) is 6.92 Å². The van der Waals surface area contributed by atoms with Crippen LogP contribution in [0.3, 0.4) is 0 Å². The molecule has 1 amide bonds. The van der Waals surface area contributed by atoms with E-state index in [1.165, 1.54) is 12.0 Å². The van der Waals surface area contributed by atoms with E-state index in [1.807, 2.05) is 13.8 Å². The van der Waals surface area contributed by atoms with Gasteiger partial charge in [0.25, 0.3) is 5.78 Å². The van der Waals surface area contributed by atoms with E-state index in [-0.39, 0.29) is 27.4 Å². The van der Waals surface area contributed by atoms with Crippen molar-refractivity contribution in [3.8, 4) is 17.2 Å². The number of Topliss-reactive ketones (excluding diaryl/α,β-unsaturated/α-hetero) is 1. The summed E-state index contributed by atoms with van der Waals surface area (Å²) in [6, 6.07) is 9.30. The first kappa shape index (κ1) is 30.1. The van der Waals surface area contributed by atoms with Crippen molar-refractivity contribution in [3.63, 3.8) is 0 Å². The van der Waals surface area contributed by atoms with Crippen molar-refractivity contribution in [1.29, 1.82) is 0 Å². The summed E-state index contributed by atoms with van der Waals surface area (Å²) in [5.74, 6) is -0.989.